The van der Waals surface area contributed by atoms with Gasteiger partial charge in [-0.15, -0.1) is 0 Å². The highest BCUT2D eigenvalue weighted by Gasteiger charge is 2.13. The van der Waals surface area contributed by atoms with Crippen LogP contribution in [0.5, 0.6) is 0 Å². The number of hydrogen-bond donors (Lipinski definition) is 0. The molecule has 0 N–H and O–H groups in total. The molecule has 0 aliphatic carbocycles. The zero-order chi connectivity index (χ0) is 17.1. The van der Waals surface area contributed by atoms with Crippen LogP contribution >= 0.6 is 0 Å². The Balaban J connectivity index is 2.06. The average Bonchev–Trinajstić information content (AvgIpc) is 2.73. The molecule has 0 spiro atoms. The summed E-state index contributed by atoms with van der Waals surface area (Å²) in [6.45, 7) is 0. The number of aromatic nitrogens is 2. The van der Waals surface area contributed by atoms with Crippen molar-refractivity contribution in [2.45, 2.75) is 0 Å². The van der Waals surface area contributed by atoms with Gasteiger partial charge in [0.25, 0.3) is 0 Å². The lowest BCUT2D eigenvalue weighted by Crippen LogP contribution is -1.88. The van der Waals surface area contributed by atoms with Gasteiger partial charge in [0, 0.05) is 33.9 Å². The molecule has 2 aromatic heterocycles. The first-order chi connectivity index (χ1) is 12.9. The average molecular weight is 330 g/mol. The SMILES string of the molecule is c1ccc2c(c1)c1cccnc1c1c2ccc2ccc3ncccc3c21. The predicted octanol–water partition coefficient (Wildman–Crippen LogP) is 6.24. The maximum atomic E-state index is 4.80. The molecule has 2 heteroatoms. The number of pyridine rings is 2. The molecule has 2 nitrogen and oxygen atoms in total. The molecule has 6 aromatic rings. The van der Waals surface area contributed by atoms with Crippen molar-refractivity contribution in [1.82, 2.24) is 9.97 Å². The van der Waals surface area contributed by atoms with Crippen LogP contribution in [0.25, 0.3) is 54.1 Å². The summed E-state index contributed by atoms with van der Waals surface area (Å²) in [5.41, 5.74) is 2.08. The molecule has 2 heterocycles. The molecule has 4 aromatic carbocycles. The molecule has 26 heavy (non-hydrogen) atoms. The van der Waals surface area contributed by atoms with Crippen LogP contribution in [0.1, 0.15) is 0 Å². The lowest BCUT2D eigenvalue weighted by Gasteiger charge is -2.13. The van der Waals surface area contributed by atoms with Crippen LogP contribution in [0.3, 0.4) is 0 Å². The predicted molar refractivity (Wildman–Crippen MR) is 110 cm³/mol. The number of fused-ring (bicyclic) bond motifs is 10. The second-order valence-electron chi connectivity index (χ2n) is 6.67. The molecule has 0 fully saturated rings. The zero-order valence-corrected chi connectivity index (χ0v) is 14.0. The smallest absolute Gasteiger partial charge is 0.0793 e. The Bertz CT molecular complexity index is 1440. The van der Waals surface area contributed by atoms with Crippen LogP contribution < -0.4 is 0 Å². The lowest BCUT2D eigenvalue weighted by molar-refractivity contribution is 1.42. The molecule has 0 aliphatic heterocycles. The molecular weight excluding hydrogens is 316 g/mol. The highest BCUT2D eigenvalue weighted by molar-refractivity contribution is 6.33. The monoisotopic (exact) mass is 330 g/mol. The van der Waals surface area contributed by atoms with Gasteiger partial charge >= 0.3 is 0 Å². The van der Waals surface area contributed by atoms with Crippen LogP contribution in [0, 0.1) is 0 Å². The zero-order valence-electron chi connectivity index (χ0n) is 14.0. The van der Waals surface area contributed by atoms with E-state index in [1.165, 1.54) is 43.1 Å². The molecule has 0 aliphatic rings. The molecular formula is C24H14N2. The van der Waals surface area contributed by atoms with Crippen molar-refractivity contribution in [3.8, 4) is 0 Å². The van der Waals surface area contributed by atoms with Crippen molar-refractivity contribution in [1.29, 1.82) is 0 Å². The van der Waals surface area contributed by atoms with Crippen molar-refractivity contribution in [3.63, 3.8) is 0 Å². The van der Waals surface area contributed by atoms with E-state index in [0.717, 1.165) is 11.0 Å². The van der Waals surface area contributed by atoms with E-state index >= 15 is 0 Å². The maximum absolute atomic E-state index is 4.80. The standard InChI is InChI=1S/C24H14N2/c1-2-6-17-16(5-1)18-11-9-15-10-12-21-20(8-4-13-25-21)22(15)23(18)24-19(17)7-3-14-26-24/h1-14H. The Hall–Kier alpha value is -3.52. The fourth-order valence-electron chi connectivity index (χ4n) is 4.22. The van der Waals surface area contributed by atoms with Crippen LogP contribution in [0.2, 0.25) is 0 Å². The second kappa shape index (κ2) is 4.99. The largest absolute Gasteiger partial charge is 0.256 e. The van der Waals surface area contributed by atoms with Crippen molar-refractivity contribution in [3.05, 3.63) is 85.2 Å². The van der Waals surface area contributed by atoms with Crippen LogP contribution in [-0.4, -0.2) is 9.97 Å². The van der Waals surface area contributed by atoms with Crippen LogP contribution in [0.15, 0.2) is 85.2 Å². The first-order valence-corrected chi connectivity index (χ1v) is 8.77. The number of benzene rings is 4. The van der Waals surface area contributed by atoms with Gasteiger partial charge in [0.05, 0.1) is 11.0 Å². The molecule has 0 amide bonds. The highest BCUT2D eigenvalue weighted by Crippen LogP contribution is 2.39. The van der Waals surface area contributed by atoms with Crippen LogP contribution in [-0.2, 0) is 0 Å². The van der Waals surface area contributed by atoms with Gasteiger partial charge in [0.2, 0.25) is 0 Å². The van der Waals surface area contributed by atoms with Gasteiger partial charge < -0.3 is 0 Å². The van der Waals surface area contributed by atoms with Gasteiger partial charge in [-0.05, 0) is 39.7 Å². The Morgan fingerprint density at radius 1 is 0.462 bits per heavy atom. The third-order valence-electron chi connectivity index (χ3n) is 5.32. The van der Waals surface area contributed by atoms with E-state index in [0.29, 0.717) is 0 Å². The molecule has 0 atom stereocenters. The second-order valence-corrected chi connectivity index (χ2v) is 6.67. The summed E-state index contributed by atoms with van der Waals surface area (Å²) >= 11 is 0. The van der Waals surface area contributed by atoms with E-state index in [9.17, 15) is 0 Å². The van der Waals surface area contributed by atoms with Crippen LogP contribution in [0.4, 0.5) is 0 Å². The first kappa shape index (κ1) is 13.7. The topological polar surface area (TPSA) is 25.8 Å². The number of rotatable bonds is 0. The Kier molecular flexibility index (Phi) is 2.64. The summed E-state index contributed by atoms with van der Waals surface area (Å²) in [5, 5.41) is 9.82. The van der Waals surface area contributed by atoms with Crippen molar-refractivity contribution in [2.24, 2.45) is 0 Å². The van der Waals surface area contributed by atoms with Gasteiger partial charge in [-0.2, -0.15) is 0 Å². The third kappa shape index (κ3) is 1.71. The molecule has 6 rings (SSSR count). The van der Waals surface area contributed by atoms with Crippen molar-refractivity contribution >= 4 is 54.1 Å². The van der Waals surface area contributed by atoms with E-state index in [1.807, 2.05) is 24.5 Å². The highest BCUT2D eigenvalue weighted by atomic mass is 14.7. The van der Waals surface area contributed by atoms with Gasteiger partial charge in [-0.25, -0.2) is 0 Å². The van der Waals surface area contributed by atoms with Gasteiger partial charge in [-0.1, -0.05) is 54.6 Å². The van der Waals surface area contributed by atoms with Gasteiger partial charge in [0.15, 0.2) is 0 Å². The third-order valence-corrected chi connectivity index (χ3v) is 5.32. The molecule has 0 bridgehead atoms. The molecule has 120 valence electrons. The quantitative estimate of drug-likeness (QED) is 0.308. The minimum Gasteiger partial charge on any atom is -0.256 e. The fraction of sp³-hybridized carbons (Fsp3) is 0. The maximum Gasteiger partial charge on any atom is 0.0793 e. The minimum absolute atomic E-state index is 1.02. The first-order valence-electron chi connectivity index (χ1n) is 8.77. The fourth-order valence-corrected chi connectivity index (χ4v) is 4.22. The normalized spacial score (nSPS) is 11.8. The van der Waals surface area contributed by atoms with Crippen molar-refractivity contribution in [2.75, 3.05) is 0 Å². The molecule has 0 radical (unpaired) electrons. The summed E-state index contributed by atoms with van der Waals surface area (Å²) in [5.74, 6) is 0. The molecule has 0 unspecified atom stereocenters. The lowest BCUT2D eigenvalue weighted by atomic mass is 9.92. The molecule has 0 saturated heterocycles. The Morgan fingerprint density at radius 3 is 2.04 bits per heavy atom. The Morgan fingerprint density at radius 2 is 1.15 bits per heavy atom. The van der Waals surface area contributed by atoms with E-state index in [1.54, 1.807) is 0 Å². The number of hydrogen-bond acceptors (Lipinski definition) is 2. The minimum atomic E-state index is 1.02. The van der Waals surface area contributed by atoms with E-state index in [-0.39, 0.29) is 0 Å². The summed E-state index contributed by atoms with van der Waals surface area (Å²) in [6, 6.07) is 25.7. The van der Waals surface area contributed by atoms with Crippen molar-refractivity contribution < 1.29 is 0 Å². The van der Waals surface area contributed by atoms with Gasteiger partial charge in [0.1, 0.15) is 0 Å². The summed E-state index contributed by atoms with van der Waals surface area (Å²) in [6.07, 6.45) is 3.74. The molecule has 0 saturated carbocycles. The summed E-state index contributed by atoms with van der Waals surface area (Å²) < 4.78 is 0. The summed E-state index contributed by atoms with van der Waals surface area (Å²) in [7, 11) is 0. The van der Waals surface area contributed by atoms with Gasteiger partial charge in [-0.3, -0.25) is 9.97 Å². The van der Waals surface area contributed by atoms with E-state index in [2.05, 4.69) is 65.6 Å². The Labute approximate surface area is 149 Å². The number of nitrogens with zero attached hydrogens (tertiary/aromatic N) is 2. The summed E-state index contributed by atoms with van der Waals surface area (Å²) in [4.78, 5) is 9.36. The van der Waals surface area contributed by atoms with E-state index in [4.69, 9.17) is 4.98 Å². The van der Waals surface area contributed by atoms with E-state index < -0.39 is 0 Å².